The fourth-order valence-electron chi connectivity index (χ4n) is 1.54. The largest absolute Gasteiger partial charge is 0.468 e. The Morgan fingerprint density at radius 1 is 1.50 bits per heavy atom. The summed E-state index contributed by atoms with van der Waals surface area (Å²) in [5.41, 5.74) is -0.569. The summed E-state index contributed by atoms with van der Waals surface area (Å²) < 4.78 is 5.39. The summed E-state index contributed by atoms with van der Waals surface area (Å²) in [7, 11) is 5.70. The molecule has 0 saturated heterocycles. The highest BCUT2D eigenvalue weighted by Gasteiger charge is 2.26. The molecule has 1 unspecified atom stereocenters. The van der Waals surface area contributed by atoms with Crippen molar-refractivity contribution in [2.24, 2.45) is 0 Å². The van der Waals surface area contributed by atoms with Crippen molar-refractivity contribution in [2.75, 3.05) is 27.7 Å². The van der Waals surface area contributed by atoms with E-state index in [-0.39, 0.29) is 11.9 Å². The molecule has 1 aromatic rings. The normalized spacial score (nSPS) is 13.7. The maximum absolute atomic E-state index is 12.0. The number of nitrogens with zero attached hydrogens (tertiary/aromatic N) is 1. The van der Waals surface area contributed by atoms with E-state index in [0.717, 1.165) is 5.76 Å². The average Bonchev–Trinajstić information content (AvgIpc) is 2.82. The summed E-state index contributed by atoms with van der Waals surface area (Å²) in [6.45, 7) is 4.21. The van der Waals surface area contributed by atoms with Gasteiger partial charge in [0.25, 0.3) is 0 Å². The standard InChI is InChI=1S/C13H23N3O2/c1-13(2,14-3)12(17)15-9-10(16(4)5)11-7-6-8-18-11/h6-8,10,14H,9H2,1-5H3,(H,15,17). The number of rotatable bonds is 6. The van der Waals surface area contributed by atoms with Gasteiger partial charge < -0.3 is 15.1 Å². The van der Waals surface area contributed by atoms with Crippen molar-refractivity contribution in [1.82, 2.24) is 15.5 Å². The smallest absolute Gasteiger partial charge is 0.239 e. The van der Waals surface area contributed by atoms with Gasteiger partial charge in [0.15, 0.2) is 0 Å². The maximum Gasteiger partial charge on any atom is 0.239 e. The molecular formula is C13H23N3O2. The molecule has 0 saturated carbocycles. The summed E-state index contributed by atoms with van der Waals surface area (Å²) in [5, 5.41) is 5.92. The minimum Gasteiger partial charge on any atom is -0.468 e. The van der Waals surface area contributed by atoms with Crippen LogP contribution >= 0.6 is 0 Å². The Hall–Kier alpha value is -1.33. The summed E-state index contributed by atoms with van der Waals surface area (Å²) in [6.07, 6.45) is 1.64. The summed E-state index contributed by atoms with van der Waals surface area (Å²) >= 11 is 0. The van der Waals surface area contributed by atoms with Gasteiger partial charge in [-0.3, -0.25) is 9.69 Å². The summed E-state index contributed by atoms with van der Waals surface area (Å²) in [6, 6.07) is 3.81. The fraction of sp³-hybridized carbons (Fsp3) is 0.615. The van der Waals surface area contributed by atoms with E-state index in [0.29, 0.717) is 6.54 Å². The third-order valence-electron chi connectivity index (χ3n) is 3.14. The van der Waals surface area contributed by atoms with E-state index in [2.05, 4.69) is 10.6 Å². The summed E-state index contributed by atoms with van der Waals surface area (Å²) in [5.74, 6) is 0.825. The van der Waals surface area contributed by atoms with Gasteiger partial charge >= 0.3 is 0 Å². The molecule has 0 aliphatic rings. The Labute approximate surface area is 109 Å². The Balaban J connectivity index is 2.62. The van der Waals surface area contributed by atoms with Crippen molar-refractivity contribution in [3.63, 3.8) is 0 Å². The van der Waals surface area contributed by atoms with E-state index in [1.54, 1.807) is 13.3 Å². The number of likely N-dealkylation sites (N-methyl/N-ethyl adjacent to an activating group) is 2. The number of hydrogen-bond donors (Lipinski definition) is 2. The Morgan fingerprint density at radius 3 is 2.61 bits per heavy atom. The van der Waals surface area contributed by atoms with Gasteiger partial charge in [-0.2, -0.15) is 0 Å². The van der Waals surface area contributed by atoms with Crippen LogP contribution in [-0.4, -0.2) is 44.0 Å². The Kier molecular flexibility index (Phi) is 4.93. The molecule has 1 aromatic heterocycles. The number of nitrogens with one attached hydrogen (secondary N) is 2. The second-order valence-corrected chi connectivity index (χ2v) is 5.08. The van der Waals surface area contributed by atoms with E-state index in [4.69, 9.17) is 4.42 Å². The first-order valence-electron chi connectivity index (χ1n) is 6.05. The predicted molar refractivity (Wildman–Crippen MR) is 71.3 cm³/mol. The number of hydrogen-bond acceptors (Lipinski definition) is 4. The maximum atomic E-state index is 12.0. The van der Waals surface area contributed by atoms with Crippen LogP contribution in [0.3, 0.4) is 0 Å². The Morgan fingerprint density at radius 2 is 2.17 bits per heavy atom. The lowest BCUT2D eigenvalue weighted by atomic mass is 10.0. The van der Waals surface area contributed by atoms with Crippen LogP contribution < -0.4 is 10.6 Å². The van der Waals surface area contributed by atoms with Crippen LogP contribution in [0.2, 0.25) is 0 Å². The van der Waals surface area contributed by atoms with Crippen molar-refractivity contribution in [3.05, 3.63) is 24.2 Å². The van der Waals surface area contributed by atoms with E-state index >= 15 is 0 Å². The first kappa shape index (κ1) is 14.7. The average molecular weight is 253 g/mol. The minimum atomic E-state index is -0.569. The van der Waals surface area contributed by atoms with E-state index in [1.807, 2.05) is 45.0 Å². The third kappa shape index (κ3) is 3.58. The van der Waals surface area contributed by atoms with Crippen LogP contribution in [0.5, 0.6) is 0 Å². The zero-order valence-corrected chi connectivity index (χ0v) is 11.8. The second-order valence-electron chi connectivity index (χ2n) is 5.08. The van der Waals surface area contributed by atoms with E-state index < -0.39 is 5.54 Å². The van der Waals surface area contributed by atoms with Crippen molar-refractivity contribution >= 4 is 5.91 Å². The molecule has 18 heavy (non-hydrogen) atoms. The molecule has 5 heteroatoms. The molecule has 0 fully saturated rings. The zero-order valence-electron chi connectivity index (χ0n) is 11.8. The predicted octanol–water partition coefficient (Wildman–Crippen LogP) is 0.996. The highest BCUT2D eigenvalue weighted by Crippen LogP contribution is 2.17. The van der Waals surface area contributed by atoms with Gasteiger partial charge in [-0.25, -0.2) is 0 Å². The number of carbonyl (C=O) groups is 1. The van der Waals surface area contributed by atoms with Crippen molar-refractivity contribution in [1.29, 1.82) is 0 Å². The highest BCUT2D eigenvalue weighted by atomic mass is 16.3. The van der Waals surface area contributed by atoms with Gasteiger partial charge in [-0.15, -0.1) is 0 Å². The van der Waals surface area contributed by atoms with Gasteiger partial charge in [0.1, 0.15) is 5.76 Å². The van der Waals surface area contributed by atoms with Crippen LogP contribution in [0.1, 0.15) is 25.6 Å². The molecule has 0 aromatic carbocycles. The monoisotopic (exact) mass is 253 g/mol. The van der Waals surface area contributed by atoms with Crippen LogP contribution in [0.15, 0.2) is 22.8 Å². The number of carbonyl (C=O) groups excluding carboxylic acids is 1. The quantitative estimate of drug-likeness (QED) is 0.794. The highest BCUT2D eigenvalue weighted by molar-refractivity contribution is 5.85. The van der Waals surface area contributed by atoms with Gasteiger partial charge in [0.2, 0.25) is 5.91 Å². The van der Waals surface area contributed by atoms with Crippen LogP contribution in [-0.2, 0) is 4.79 Å². The van der Waals surface area contributed by atoms with E-state index in [1.165, 1.54) is 0 Å². The summed E-state index contributed by atoms with van der Waals surface area (Å²) in [4.78, 5) is 14.0. The Bertz CT molecular complexity index is 372. The first-order chi connectivity index (χ1) is 8.38. The van der Waals surface area contributed by atoms with Crippen molar-refractivity contribution in [2.45, 2.75) is 25.4 Å². The molecule has 0 aliphatic heterocycles. The van der Waals surface area contributed by atoms with Gasteiger partial charge in [0, 0.05) is 6.54 Å². The third-order valence-corrected chi connectivity index (χ3v) is 3.14. The second kappa shape index (κ2) is 6.02. The fourth-order valence-corrected chi connectivity index (χ4v) is 1.54. The topological polar surface area (TPSA) is 57.5 Å². The first-order valence-corrected chi connectivity index (χ1v) is 6.05. The van der Waals surface area contributed by atoms with Crippen molar-refractivity contribution in [3.8, 4) is 0 Å². The molecule has 0 spiro atoms. The lowest BCUT2D eigenvalue weighted by Crippen LogP contribution is -2.52. The van der Waals surface area contributed by atoms with Crippen LogP contribution in [0.4, 0.5) is 0 Å². The molecule has 1 rings (SSSR count). The SMILES string of the molecule is CNC(C)(C)C(=O)NCC(c1ccco1)N(C)C. The van der Waals surface area contributed by atoms with E-state index in [9.17, 15) is 4.79 Å². The van der Waals surface area contributed by atoms with Gasteiger partial charge in [-0.05, 0) is 47.1 Å². The molecular weight excluding hydrogens is 230 g/mol. The van der Waals surface area contributed by atoms with Crippen LogP contribution in [0.25, 0.3) is 0 Å². The van der Waals surface area contributed by atoms with Gasteiger partial charge in [-0.1, -0.05) is 0 Å². The van der Waals surface area contributed by atoms with Gasteiger partial charge in [0.05, 0.1) is 17.8 Å². The lowest BCUT2D eigenvalue weighted by Gasteiger charge is -2.27. The van der Waals surface area contributed by atoms with Crippen molar-refractivity contribution < 1.29 is 9.21 Å². The molecule has 0 radical (unpaired) electrons. The molecule has 1 atom stereocenters. The molecule has 2 N–H and O–H groups in total. The molecule has 5 nitrogen and oxygen atoms in total. The molecule has 1 amide bonds. The number of furan rings is 1. The molecule has 102 valence electrons. The zero-order chi connectivity index (χ0) is 13.8. The lowest BCUT2D eigenvalue weighted by molar-refractivity contribution is -0.126. The van der Waals surface area contributed by atoms with Crippen LogP contribution in [0, 0.1) is 0 Å². The number of amides is 1. The molecule has 0 bridgehead atoms. The minimum absolute atomic E-state index is 0.0246. The molecule has 1 heterocycles. The molecule has 0 aliphatic carbocycles.